The van der Waals surface area contributed by atoms with Gasteiger partial charge in [-0.1, -0.05) is 51.1 Å². The van der Waals surface area contributed by atoms with E-state index in [9.17, 15) is 0 Å². The fraction of sp³-hybridized carbons (Fsp3) is 0.444. The predicted octanol–water partition coefficient (Wildman–Crippen LogP) is 4.72. The average molecular weight is 271 g/mol. The molecule has 0 aliphatic rings. The average Bonchev–Trinajstić information content (AvgIpc) is 2.92. The Morgan fingerprint density at radius 2 is 1.70 bits per heavy atom. The van der Waals surface area contributed by atoms with E-state index >= 15 is 0 Å². The molecule has 0 saturated carbocycles. The monoisotopic (exact) mass is 271 g/mol. The van der Waals surface area contributed by atoms with Gasteiger partial charge in [0.15, 0.2) is 0 Å². The summed E-state index contributed by atoms with van der Waals surface area (Å²) in [4.78, 5) is 0. The third-order valence-electron chi connectivity index (χ3n) is 3.50. The Morgan fingerprint density at radius 3 is 2.30 bits per heavy atom. The fourth-order valence-corrected chi connectivity index (χ4v) is 2.43. The van der Waals surface area contributed by atoms with Crippen molar-refractivity contribution in [3.05, 3.63) is 59.5 Å². The van der Waals surface area contributed by atoms with Crippen LogP contribution in [0.15, 0.2) is 46.9 Å². The van der Waals surface area contributed by atoms with Gasteiger partial charge >= 0.3 is 0 Å². The van der Waals surface area contributed by atoms with Crippen molar-refractivity contribution in [3.63, 3.8) is 0 Å². The molecule has 0 bridgehead atoms. The van der Waals surface area contributed by atoms with Crippen molar-refractivity contribution in [1.29, 1.82) is 0 Å². The van der Waals surface area contributed by atoms with Gasteiger partial charge in [0.05, 0.1) is 6.54 Å². The maximum absolute atomic E-state index is 5.76. The standard InChI is InChI=1S/C18H25NO/c1-4-16-10-11-17(20-16)13-19-18(12-14(2)3)15-8-6-5-7-9-15/h5-11,14,18-19H,4,12-13H2,1-3H3. The molecule has 20 heavy (non-hydrogen) atoms. The zero-order chi connectivity index (χ0) is 14.4. The zero-order valence-electron chi connectivity index (χ0n) is 12.7. The third-order valence-corrected chi connectivity index (χ3v) is 3.50. The summed E-state index contributed by atoms with van der Waals surface area (Å²) < 4.78 is 5.76. The first kappa shape index (κ1) is 14.9. The molecule has 0 aliphatic carbocycles. The van der Waals surface area contributed by atoms with Gasteiger partial charge in [-0.25, -0.2) is 0 Å². The van der Waals surface area contributed by atoms with E-state index in [1.165, 1.54) is 5.56 Å². The minimum Gasteiger partial charge on any atom is -0.465 e. The Morgan fingerprint density at radius 1 is 1.00 bits per heavy atom. The van der Waals surface area contributed by atoms with Crippen LogP contribution in [-0.2, 0) is 13.0 Å². The van der Waals surface area contributed by atoms with Crippen molar-refractivity contribution in [2.75, 3.05) is 0 Å². The van der Waals surface area contributed by atoms with Crippen LogP contribution in [0, 0.1) is 5.92 Å². The van der Waals surface area contributed by atoms with E-state index in [1.54, 1.807) is 0 Å². The van der Waals surface area contributed by atoms with E-state index in [-0.39, 0.29) is 0 Å². The van der Waals surface area contributed by atoms with Gasteiger partial charge in [-0.15, -0.1) is 0 Å². The van der Waals surface area contributed by atoms with Gasteiger partial charge in [0.1, 0.15) is 11.5 Å². The van der Waals surface area contributed by atoms with Crippen molar-refractivity contribution in [1.82, 2.24) is 5.32 Å². The molecule has 0 aliphatic heterocycles. The minimum absolute atomic E-state index is 0.381. The van der Waals surface area contributed by atoms with Crippen LogP contribution in [0.2, 0.25) is 0 Å². The first-order valence-corrected chi connectivity index (χ1v) is 7.55. The summed E-state index contributed by atoms with van der Waals surface area (Å²) in [7, 11) is 0. The predicted molar refractivity (Wildman–Crippen MR) is 83.6 cm³/mol. The maximum Gasteiger partial charge on any atom is 0.117 e. The van der Waals surface area contributed by atoms with Gasteiger partial charge in [0.25, 0.3) is 0 Å². The van der Waals surface area contributed by atoms with Crippen LogP contribution in [0.5, 0.6) is 0 Å². The molecular weight excluding hydrogens is 246 g/mol. The number of furan rings is 1. The van der Waals surface area contributed by atoms with E-state index in [1.807, 2.05) is 0 Å². The molecule has 0 saturated heterocycles. The van der Waals surface area contributed by atoms with Crippen LogP contribution in [0.4, 0.5) is 0 Å². The third kappa shape index (κ3) is 4.24. The van der Waals surface area contributed by atoms with Crippen LogP contribution >= 0.6 is 0 Å². The van der Waals surface area contributed by atoms with Crippen molar-refractivity contribution in [2.45, 2.75) is 46.2 Å². The number of rotatable bonds is 7. The van der Waals surface area contributed by atoms with Gasteiger partial charge in [-0.2, -0.15) is 0 Å². The zero-order valence-corrected chi connectivity index (χ0v) is 12.7. The number of hydrogen-bond donors (Lipinski definition) is 1. The second-order valence-corrected chi connectivity index (χ2v) is 5.70. The molecular formula is C18H25NO. The lowest BCUT2D eigenvalue weighted by Crippen LogP contribution is -2.22. The smallest absolute Gasteiger partial charge is 0.117 e. The lowest BCUT2D eigenvalue weighted by atomic mass is 9.97. The van der Waals surface area contributed by atoms with E-state index in [0.29, 0.717) is 12.0 Å². The number of aryl methyl sites for hydroxylation is 1. The molecule has 2 aromatic rings. The second kappa shape index (κ2) is 7.30. The Kier molecular flexibility index (Phi) is 5.42. The lowest BCUT2D eigenvalue weighted by Gasteiger charge is -2.20. The van der Waals surface area contributed by atoms with Crippen LogP contribution in [0.3, 0.4) is 0 Å². The molecule has 0 fully saturated rings. The van der Waals surface area contributed by atoms with Gasteiger partial charge < -0.3 is 9.73 Å². The number of hydrogen-bond acceptors (Lipinski definition) is 2. The Bertz CT molecular complexity index is 501. The summed E-state index contributed by atoms with van der Waals surface area (Å²) in [5, 5.41) is 3.63. The normalized spacial score (nSPS) is 12.8. The molecule has 0 spiro atoms. The summed E-state index contributed by atoms with van der Waals surface area (Å²) in [6, 6.07) is 15.2. The van der Waals surface area contributed by atoms with Crippen molar-refractivity contribution in [2.24, 2.45) is 5.92 Å². The quantitative estimate of drug-likeness (QED) is 0.788. The van der Waals surface area contributed by atoms with Crippen LogP contribution in [0.1, 0.15) is 50.3 Å². The van der Waals surface area contributed by atoms with E-state index in [4.69, 9.17) is 4.42 Å². The lowest BCUT2D eigenvalue weighted by molar-refractivity contribution is 0.391. The van der Waals surface area contributed by atoms with Gasteiger partial charge in [-0.05, 0) is 30.0 Å². The van der Waals surface area contributed by atoms with Gasteiger partial charge in [-0.3, -0.25) is 0 Å². The Balaban J connectivity index is 2.01. The molecule has 1 atom stereocenters. The van der Waals surface area contributed by atoms with Gasteiger partial charge in [0, 0.05) is 12.5 Å². The van der Waals surface area contributed by atoms with E-state index in [2.05, 4.69) is 68.6 Å². The molecule has 2 rings (SSSR count). The molecule has 1 unspecified atom stereocenters. The van der Waals surface area contributed by atoms with E-state index in [0.717, 1.165) is 30.9 Å². The Hall–Kier alpha value is -1.54. The summed E-state index contributed by atoms with van der Waals surface area (Å²) in [6.45, 7) is 7.42. The first-order chi connectivity index (χ1) is 9.69. The Labute approximate surface area is 122 Å². The summed E-state index contributed by atoms with van der Waals surface area (Å²) in [6.07, 6.45) is 2.08. The van der Waals surface area contributed by atoms with Gasteiger partial charge in [0.2, 0.25) is 0 Å². The fourth-order valence-electron chi connectivity index (χ4n) is 2.43. The number of benzene rings is 1. The molecule has 0 radical (unpaired) electrons. The minimum atomic E-state index is 0.381. The molecule has 0 amide bonds. The molecule has 2 nitrogen and oxygen atoms in total. The summed E-state index contributed by atoms with van der Waals surface area (Å²) in [5.74, 6) is 2.74. The van der Waals surface area contributed by atoms with Crippen LogP contribution in [-0.4, -0.2) is 0 Å². The maximum atomic E-state index is 5.76. The number of nitrogens with one attached hydrogen (secondary N) is 1. The highest BCUT2D eigenvalue weighted by molar-refractivity contribution is 5.19. The molecule has 2 heteroatoms. The first-order valence-electron chi connectivity index (χ1n) is 7.55. The molecule has 1 heterocycles. The molecule has 1 aromatic heterocycles. The SMILES string of the molecule is CCc1ccc(CNC(CC(C)C)c2ccccc2)o1. The summed E-state index contributed by atoms with van der Waals surface area (Å²) in [5.41, 5.74) is 1.35. The molecule has 1 N–H and O–H groups in total. The summed E-state index contributed by atoms with van der Waals surface area (Å²) >= 11 is 0. The van der Waals surface area contributed by atoms with Crippen LogP contribution in [0.25, 0.3) is 0 Å². The van der Waals surface area contributed by atoms with Crippen molar-refractivity contribution in [3.8, 4) is 0 Å². The highest BCUT2D eigenvalue weighted by atomic mass is 16.3. The largest absolute Gasteiger partial charge is 0.465 e. The molecule has 1 aromatic carbocycles. The molecule has 108 valence electrons. The van der Waals surface area contributed by atoms with Crippen molar-refractivity contribution < 1.29 is 4.42 Å². The van der Waals surface area contributed by atoms with E-state index < -0.39 is 0 Å². The van der Waals surface area contributed by atoms with Crippen LogP contribution < -0.4 is 5.32 Å². The van der Waals surface area contributed by atoms with Crippen molar-refractivity contribution >= 4 is 0 Å². The highest BCUT2D eigenvalue weighted by Gasteiger charge is 2.13. The highest BCUT2D eigenvalue weighted by Crippen LogP contribution is 2.22. The second-order valence-electron chi connectivity index (χ2n) is 5.70. The topological polar surface area (TPSA) is 25.2 Å².